The van der Waals surface area contributed by atoms with Gasteiger partial charge in [-0.2, -0.15) is 0 Å². The van der Waals surface area contributed by atoms with Crippen molar-refractivity contribution >= 4 is 17.9 Å². The summed E-state index contributed by atoms with van der Waals surface area (Å²) in [5, 5.41) is 0. The number of esters is 3. The van der Waals surface area contributed by atoms with Crippen LogP contribution in [0.3, 0.4) is 0 Å². The van der Waals surface area contributed by atoms with E-state index in [1.807, 2.05) is 0 Å². The van der Waals surface area contributed by atoms with Gasteiger partial charge in [-0.05, 0) is 77.0 Å². The number of carbonyl (C=O) groups is 3. The molecule has 0 aliphatic rings. The minimum Gasteiger partial charge on any atom is -0.462 e. The van der Waals surface area contributed by atoms with Gasteiger partial charge in [0.1, 0.15) is 13.2 Å². The van der Waals surface area contributed by atoms with Crippen LogP contribution in [0.2, 0.25) is 0 Å². The highest BCUT2D eigenvalue weighted by molar-refractivity contribution is 5.71. The van der Waals surface area contributed by atoms with Crippen molar-refractivity contribution in [2.24, 2.45) is 0 Å². The summed E-state index contributed by atoms with van der Waals surface area (Å²) in [6.45, 7) is 6.57. The van der Waals surface area contributed by atoms with Crippen LogP contribution in [0.5, 0.6) is 0 Å². The predicted octanol–water partition coefficient (Wildman–Crippen LogP) is 23.8. The van der Waals surface area contributed by atoms with Gasteiger partial charge in [0.05, 0.1) is 0 Å². The molecule has 1 unspecified atom stereocenters. The lowest BCUT2D eigenvalue weighted by molar-refractivity contribution is -0.167. The van der Waals surface area contributed by atoms with Crippen LogP contribution in [0.15, 0.2) is 85.1 Å². The van der Waals surface area contributed by atoms with Crippen molar-refractivity contribution < 1.29 is 28.6 Å². The summed E-state index contributed by atoms with van der Waals surface area (Å²) >= 11 is 0. The molecular weight excluding hydrogens is 985 g/mol. The van der Waals surface area contributed by atoms with Crippen LogP contribution in [0.4, 0.5) is 0 Å². The van der Waals surface area contributed by atoms with Gasteiger partial charge < -0.3 is 14.2 Å². The van der Waals surface area contributed by atoms with Crippen LogP contribution in [0, 0.1) is 0 Å². The van der Waals surface area contributed by atoms with Gasteiger partial charge in [0.25, 0.3) is 0 Å². The summed E-state index contributed by atoms with van der Waals surface area (Å²) in [4.78, 5) is 38.4. The lowest BCUT2D eigenvalue weighted by Crippen LogP contribution is -2.30. The molecule has 80 heavy (non-hydrogen) atoms. The van der Waals surface area contributed by atoms with E-state index in [-0.39, 0.29) is 31.1 Å². The smallest absolute Gasteiger partial charge is 0.306 e. The lowest BCUT2D eigenvalue weighted by Gasteiger charge is -2.18. The molecule has 6 nitrogen and oxygen atoms in total. The highest BCUT2D eigenvalue weighted by Crippen LogP contribution is 2.18. The van der Waals surface area contributed by atoms with Crippen LogP contribution in [-0.4, -0.2) is 37.2 Å². The lowest BCUT2D eigenvalue weighted by atomic mass is 10.0. The molecule has 0 aromatic rings. The standard InChI is InChI=1S/C74H130O6/c1-4-7-10-13-16-19-22-25-27-29-31-32-33-34-35-36-37-38-39-40-41-42-43-45-46-49-52-55-58-61-64-67-73(76)79-70-71(69-78-72(75)66-63-60-57-54-51-48-24-21-18-15-12-9-6-3)80-74(77)68-65-62-59-56-53-50-47-44-30-28-26-23-20-17-14-11-8-5-2/h7,10,16,19,25,27,31-32,34-35,37-38,40-41,71H,4-6,8-9,11-15,17-18,20-24,26,28-30,33,36,39,42-70H2,1-3H3/b10-7-,19-16-,27-25-,32-31-,35-34-,38-37-,41-40-. The SMILES string of the molecule is CC/C=C\C/C=C\C/C=C\C/C=C\C/C=C\C/C=C\C/C=C\CCCCCCCCCCCC(=O)OCC(COC(=O)CCCCCCCCCCCCCCC)OC(=O)CCCCCCCCCCCCCCCCCCCC. The molecule has 0 saturated heterocycles. The molecule has 0 rings (SSSR count). The van der Waals surface area contributed by atoms with Crippen molar-refractivity contribution in [2.45, 2.75) is 354 Å². The summed E-state index contributed by atoms with van der Waals surface area (Å²) in [7, 11) is 0. The van der Waals surface area contributed by atoms with Gasteiger partial charge in [0.15, 0.2) is 6.10 Å². The number of hydrogen-bond acceptors (Lipinski definition) is 6. The van der Waals surface area contributed by atoms with Gasteiger partial charge in [-0.25, -0.2) is 0 Å². The Bertz CT molecular complexity index is 1520. The van der Waals surface area contributed by atoms with E-state index in [1.165, 1.54) is 199 Å². The second kappa shape index (κ2) is 68.1. The molecule has 0 radical (unpaired) electrons. The molecule has 462 valence electrons. The molecule has 6 heteroatoms. The molecular formula is C74H130O6. The van der Waals surface area contributed by atoms with E-state index in [4.69, 9.17) is 14.2 Å². The predicted molar refractivity (Wildman–Crippen MR) is 348 cm³/mol. The summed E-state index contributed by atoms with van der Waals surface area (Å²) in [5.41, 5.74) is 0. The Kier molecular flexibility index (Phi) is 65.2. The fourth-order valence-electron chi connectivity index (χ4n) is 10.0. The Labute approximate surface area is 496 Å². The second-order valence-corrected chi connectivity index (χ2v) is 23.1. The minimum atomic E-state index is -0.776. The zero-order chi connectivity index (χ0) is 57.8. The molecule has 0 amide bonds. The maximum atomic E-state index is 12.9. The molecule has 0 saturated carbocycles. The zero-order valence-electron chi connectivity index (χ0n) is 53.1. The molecule has 0 fully saturated rings. The fraction of sp³-hybridized carbons (Fsp3) is 0.770. The first kappa shape index (κ1) is 76.6. The number of unbranched alkanes of at least 4 members (excludes halogenated alkanes) is 38. The van der Waals surface area contributed by atoms with Gasteiger partial charge in [0.2, 0.25) is 0 Å². The monoisotopic (exact) mass is 1110 g/mol. The van der Waals surface area contributed by atoms with Crippen molar-refractivity contribution in [1.29, 1.82) is 0 Å². The van der Waals surface area contributed by atoms with Crippen molar-refractivity contribution in [3.8, 4) is 0 Å². The van der Waals surface area contributed by atoms with E-state index in [2.05, 4.69) is 106 Å². The maximum Gasteiger partial charge on any atom is 0.306 e. The maximum absolute atomic E-state index is 12.9. The van der Waals surface area contributed by atoms with E-state index in [9.17, 15) is 14.4 Å². The summed E-state index contributed by atoms with van der Waals surface area (Å²) in [6.07, 6.45) is 90.3. The van der Waals surface area contributed by atoms with Crippen LogP contribution in [0.1, 0.15) is 348 Å². The van der Waals surface area contributed by atoms with Gasteiger partial charge in [-0.3, -0.25) is 14.4 Å². The van der Waals surface area contributed by atoms with Crippen LogP contribution >= 0.6 is 0 Å². The zero-order valence-corrected chi connectivity index (χ0v) is 53.1. The van der Waals surface area contributed by atoms with E-state index >= 15 is 0 Å². The molecule has 0 spiro atoms. The first-order chi connectivity index (χ1) is 39.5. The number of carbonyl (C=O) groups excluding carboxylic acids is 3. The van der Waals surface area contributed by atoms with Crippen molar-refractivity contribution in [3.63, 3.8) is 0 Å². The third-order valence-corrected chi connectivity index (χ3v) is 15.2. The third kappa shape index (κ3) is 65.4. The Balaban J connectivity index is 4.25. The Morgan fingerprint density at radius 2 is 0.487 bits per heavy atom. The highest BCUT2D eigenvalue weighted by atomic mass is 16.6. The number of hydrogen-bond donors (Lipinski definition) is 0. The first-order valence-electron chi connectivity index (χ1n) is 34.6. The van der Waals surface area contributed by atoms with E-state index in [1.54, 1.807) is 0 Å². The molecule has 0 heterocycles. The summed E-state index contributed by atoms with van der Waals surface area (Å²) in [5.74, 6) is -0.858. The molecule has 0 bridgehead atoms. The third-order valence-electron chi connectivity index (χ3n) is 15.2. The van der Waals surface area contributed by atoms with Crippen molar-refractivity contribution in [2.75, 3.05) is 13.2 Å². The summed E-state index contributed by atoms with van der Waals surface area (Å²) in [6, 6.07) is 0. The topological polar surface area (TPSA) is 78.9 Å². The average Bonchev–Trinajstić information content (AvgIpc) is 3.46. The van der Waals surface area contributed by atoms with Crippen molar-refractivity contribution in [3.05, 3.63) is 85.1 Å². The van der Waals surface area contributed by atoms with E-state index < -0.39 is 6.10 Å². The van der Waals surface area contributed by atoms with Gasteiger partial charge in [-0.15, -0.1) is 0 Å². The number of allylic oxidation sites excluding steroid dienone is 14. The normalized spacial score (nSPS) is 12.6. The Morgan fingerprint density at radius 3 is 0.762 bits per heavy atom. The Morgan fingerprint density at radius 1 is 0.263 bits per heavy atom. The first-order valence-corrected chi connectivity index (χ1v) is 34.6. The largest absolute Gasteiger partial charge is 0.462 e. The minimum absolute atomic E-state index is 0.0722. The number of rotatable bonds is 63. The van der Waals surface area contributed by atoms with Crippen LogP contribution < -0.4 is 0 Å². The molecule has 1 atom stereocenters. The molecule has 0 aromatic heterocycles. The van der Waals surface area contributed by atoms with Crippen LogP contribution in [0.25, 0.3) is 0 Å². The second-order valence-electron chi connectivity index (χ2n) is 23.1. The van der Waals surface area contributed by atoms with E-state index in [0.29, 0.717) is 19.3 Å². The van der Waals surface area contributed by atoms with E-state index in [0.717, 1.165) is 109 Å². The quantitative estimate of drug-likeness (QED) is 0.0261. The van der Waals surface area contributed by atoms with Crippen molar-refractivity contribution in [1.82, 2.24) is 0 Å². The molecule has 0 aliphatic heterocycles. The van der Waals surface area contributed by atoms with Crippen LogP contribution in [-0.2, 0) is 28.6 Å². The average molecular weight is 1120 g/mol. The molecule has 0 N–H and O–H groups in total. The fourth-order valence-corrected chi connectivity index (χ4v) is 10.0. The summed E-state index contributed by atoms with van der Waals surface area (Å²) < 4.78 is 17.0. The van der Waals surface area contributed by atoms with Gasteiger partial charge in [0, 0.05) is 19.3 Å². The van der Waals surface area contributed by atoms with Gasteiger partial charge in [-0.1, -0.05) is 337 Å². The molecule has 0 aliphatic carbocycles. The molecule has 0 aromatic carbocycles. The Hall–Kier alpha value is -3.41. The number of ether oxygens (including phenoxy) is 3. The van der Waals surface area contributed by atoms with Gasteiger partial charge >= 0.3 is 17.9 Å². The highest BCUT2D eigenvalue weighted by Gasteiger charge is 2.19.